The summed E-state index contributed by atoms with van der Waals surface area (Å²) in [5.74, 6) is 0.671. The third-order valence-electron chi connectivity index (χ3n) is 7.98. The number of nitrogens with zero attached hydrogens (tertiary/aromatic N) is 1. The molecule has 5 N–H and O–H groups in total. The molecule has 3 aromatic carbocycles. The van der Waals surface area contributed by atoms with Crippen LogP contribution in [0.1, 0.15) is 76.2 Å². The highest BCUT2D eigenvalue weighted by molar-refractivity contribution is 7.92. The van der Waals surface area contributed by atoms with Gasteiger partial charge in [-0.2, -0.15) is 0 Å². The normalized spacial score (nSPS) is 15.2. The molecule has 48 heavy (non-hydrogen) atoms. The molecule has 258 valence electrons. The highest BCUT2D eigenvalue weighted by Crippen LogP contribution is 2.41. The van der Waals surface area contributed by atoms with Crippen LogP contribution in [0.2, 0.25) is 0 Å². The molecule has 1 aliphatic rings. The zero-order valence-corrected chi connectivity index (χ0v) is 29.0. The van der Waals surface area contributed by atoms with Crippen LogP contribution < -0.4 is 25.8 Å². The van der Waals surface area contributed by atoms with Gasteiger partial charge in [0.2, 0.25) is 5.91 Å². The fourth-order valence-electron chi connectivity index (χ4n) is 5.61. The molecule has 0 radical (unpaired) electrons. The molecule has 3 aromatic rings. The smallest absolute Gasteiger partial charge is 0.411 e. The number of nitrogens with one attached hydrogen (secondary N) is 3. The number of rotatable bonds is 13. The van der Waals surface area contributed by atoms with E-state index in [9.17, 15) is 18.0 Å². The molecule has 2 unspecified atom stereocenters. The van der Waals surface area contributed by atoms with E-state index in [2.05, 4.69) is 10.6 Å². The van der Waals surface area contributed by atoms with Gasteiger partial charge in [0.25, 0.3) is 0 Å². The molecule has 0 saturated carbocycles. The van der Waals surface area contributed by atoms with Crippen LogP contribution in [-0.4, -0.2) is 62.8 Å². The van der Waals surface area contributed by atoms with Gasteiger partial charge in [-0.3, -0.25) is 15.5 Å². The second-order valence-corrected chi connectivity index (χ2v) is 14.5. The maximum absolute atomic E-state index is 14.7. The Balaban J connectivity index is 1.82. The number of hydrogen-bond acceptors (Lipinski definition) is 9. The van der Waals surface area contributed by atoms with E-state index >= 15 is 0 Å². The molecule has 1 aliphatic heterocycles. The lowest BCUT2D eigenvalue weighted by atomic mass is 10.0. The SMILES string of the molecule is CCOc1cc(C(Nc2ccc(C(=N)N)cc2)C(=O)N2CCCC2c2cc(NC(=O)OC)ccc2S(=O)(=O)C(C)C)ccc1OC(C)C. The highest BCUT2D eigenvalue weighted by Gasteiger charge is 2.38. The predicted molar refractivity (Wildman–Crippen MR) is 186 cm³/mol. The number of ether oxygens (including phenoxy) is 3. The monoisotopic (exact) mass is 679 g/mol. The van der Waals surface area contributed by atoms with E-state index in [1.54, 1.807) is 67.3 Å². The zero-order valence-electron chi connectivity index (χ0n) is 28.2. The largest absolute Gasteiger partial charge is 0.490 e. The lowest BCUT2D eigenvalue weighted by molar-refractivity contribution is -0.133. The number of anilines is 2. The number of methoxy groups -OCH3 is 1. The summed E-state index contributed by atoms with van der Waals surface area (Å²) in [6.07, 6.45) is 0.350. The van der Waals surface area contributed by atoms with Gasteiger partial charge in [0.15, 0.2) is 21.3 Å². The summed E-state index contributed by atoms with van der Waals surface area (Å²) in [7, 11) is -2.52. The van der Waals surface area contributed by atoms with Gasteiger partial charge >= 0.3 is 6.09 Å². The fourth-order valence-corrected chi connectivity index (χ4v) is 6.90. The van der Waals surface area contributed by atoms with Crippen molar-refractivity contribution in [1.82, 2.24) is 4.90 Å². The Morgan fingerprint density at radius 3 is 2.29 bits per heavy atom. The van der Waals surface area contributed by atoms with Crippen LogP contribution in [0.25, 0.3) is 0 Å². The molecule has 0 aliphatic carbocycles. The van der Waals surface area contributed by atoms with Crippen LogP contribution in [0.4, 0.5) is 16.2 Å². The molecule has 13 heteroatoms. The molecule has 0 aromatic heterocycles. The first-order chi connectivity index (χ1) is 22.8. The van der Waals surface area contributed by atoms with Crippen molar-refractivity contribution in [3.05, 3.63) is 77.4 Å². The van der Waals surface area contributed by atoms with E-state index < -0.39 is 33.3 Å². The van der Waals surface area contributed by atoms with E-state index in [0.29, 0.717) is 65.6 Å². The number of amides is 2. The van der Waals surface area contributed by atoms with Gasteiger partial charge in [-0.05, 0) is 113 Å². The van der Waals surface area contributed by atoms with Crippen molar-refractivity contribution in [2.45, 2.75) is 75.8 Å². The third-order valence-corrected chi connectivity index (χ3v) is 10.2. The summed E-state index contributed by atoms with van der Waals surface area (Å²) in [5, 5.41) is 13.0. The number of amidine groups is 1. The first-order valence-electron chi connectivity index (χ1n) is 15.9. The van der Waals surface area contributed by atoms with Crippen LogP contribution >= 0.6 is 0 Å². The number of carbonyl (C=O) groups excluding carboxylic acids is 2. The molecule has 2 amide bonds. The lowest BCUT2D eigenvalue weighted by Gasteiger charge is -2.32. The molecular formula is C35H45N5O7S. The van der Waals surface area contributed by atoms with E-state index in [1.807, 2.05) is 20.8 Å². The number of benzene rings is 3. The van der Waals surface area contributed by atoms with Crippen LogP contribution in [0.3, 0.4) is 0 Å². The summed E-state index contributed by atoms with van der Waals surface area (Å²) in [4.78, 5) is 28.6. The van der Waals surface area contributed by atoms with Crippen molar-refractivity contribution in [2.24, 2.45) is 5.73 Å². The van der Waals surface area contributed by atoms with Crippen LogP contribution in [0.5, 0.6) is 11.5 Å². The first-order valence-corrected chi connectivity index (χ1v) is 17.5. The van der Waals surface area contributed by atoms with Crippen molar-refractivity contribution in [3.63, 3.8) is 0 Å². The minimum Gasteiger partial charge on any atom is -0.490 e. The van der Waals surface area contributed by atoms with Gasteiger partial charge in [-0.15, -0.1) is 0 Å². The second kappa shape index (κ2) is 15.4. The summed E-state index contributed by atoms with van der Waals surface area (Å²) in [6.45, 7) is 9.68. The summed E-state index contributed by atoms with van der Waals surface area (Å²) < 4.78 is 43.8. The topological polar surface area (TPSA) is 173 Å². The maximum Gasteiger partial charge on any atom is 0.411 e. The Hall–Kier alpha value is -4.78. The van der Waals surface area contributed by atoms with E-state index in [-0.39, 0.29) is 22.7 Å². The summed E-state index contributed by atoms with van der Waals surface area (Å²) in [6, 6.07) is 15.3. The number of carbonyl (C=O) groups is 2. The van der Waals surface area contributed by atoms with E-state index in [1.165, 1.54) is 19.2 Å². The number of sulfone groups is 1. The third kappa shape index (κ3) is 8.19. The van der Waals surface area contributed by atoms with Crippen molar-refractivity contribution in [3.8, 4) is 11.5 Å². The van der Waals surface area contributed by atoms with Crippen molar-refractivity contribution >= 4 is 39.0 Å². The number of nitrogen functional groups attached to an aromatic ring is 1. The number of likely N-dealkylation sites (tertiary alicyclic amines) is 1. The Kier molecular flexibility index (Phi) is 11.6. The fraction of sp³-hybridized carbons (Fsp3) is 0.400. The summed E-state index contributed by atoms with van der Waals surface area (Å²) in [5.41, 5.74) is 8.19. The average Bonchev–Trinajstić information content (AvgIpc) is 3.54. The maximum atomic E-state index is 14.7. The standard InChI is InChI=1S/C35H45N5O7S/c1-7-46-30-19-24(12-16-29(30)47-21(2)3)32(38-25-13-10-23(11-14-25)33(36)37)34(41)40-18-8-9-28(40)27-20-26(39-35(42)45-6)15-17-31(27)48(43,44)22(4)5/h10-17,19-22,28,32,38H,7-9,18H2,1-6H3,(H3,36,37)(H,39,42). The Bertz CT molecular complexity index is 1740. The molecule has 0 bridgehead atoms. The van der Waals surface area contributed by atoms with Crippen molar-refractivity contribution in [1.29, 1.82) is 5.41 Å². The lowest BCUT2D eigenvalue weighted by Crippen LogP contribution is -2.38. The van der Waals surface area contributed by atoms with Crippen molar-refractivity contribution < 1.29 is 32.2 Å². The predicted octanol–water partition coefficient (Wildman–Crippen LogP) is 6.03. The zero-order chi connectivity index (χ0) is 35.2. The summed E-state index contributed by atoms with van der Waals surface area (Å²) >= 11 is 0. The molecule has 1 fully saturated rings. The van der Waals surface area contributed by atoms with Gasteiger partial charge in [0.05, 0.1) is 36.0 Å². The second-order valence-electron chi connectivity index (χ2n) is 12.0. The van der Waals surface area contributed by atoms with E-state index in [0.717, 1.165) is 0 Å². The van der Waals surface area contributed by atoms with Crippen molar-refractivity contribution in [2.75, 3.05) is 30.9 Å². The Morgan fingerprint density at radius 1 is 1.00 bits per heavy atom. The van der Waals surface area contributed by atoms with Crippen LogP contribution in [0.15, 0.2) is 65.6 Å². The van der Waals surface area contributed by atoms with Gasteiger partial charge < -0.3 is 30.2 Å². The average molecular weight is 680 g/mol. The molecule has 2 atom stereocenters. The van der Waals surface area contributed by atoms with Crippen LogP contribution in [0, 0.1) is 5.41 Å². The van der Waals surface area contributed by atoms with Gasteiger partial charge in [-0.25, -0.2) is 13.2 Å². The molecule has 4 rings (SSSR count). The van der Waals surface area contributed by atoms with Gasteiger partial charge in [-0.1, -0.05) is 6.07 Å². The molecule has 0 spiro atoms. The molecule has 12 nitrogen and oxygen atoms in total. The van der Waals surface area contributed by atoms with Crippen LogP contribution in [-0.2, 0) is 19.4 Å². The number of nitrogens with two attached hydrogens (primary N) is 1. The Morgan fingerprint density at radius 2 is 1.69 bits per heavy atom. The minimum atomic E-state index is -3.76. The molecular weight excluding hydrogens is 634 g/mol. The van der Waals surface area contributed by atoms with Gasteiger partial charge in [0, 0.05) is 23.5 Å². The first kappa shape index (κ1) is 36.1. The highest BCUT2D eigenvalue weighted by atomic mass is 32.2. The quantitative estimate of drug-likeness (QED) is 0.124. The Labute approximate surface area is 282 Å². The minimum absolute atomic E-state index is 0.0766. The number of hydrogen-bond donors (Lipinski definition) is 4. The van der Waals surface area contributed by atoms with E-state index in [4.69, 9.17) is 25.4 Å². The molecule has 1 saturated heterocycles. The van der Waals surface area contributed by atoms with Gasteiger partial charge in [0.1, 0.15) is 11.9 Å². The molecule has 1 heterocycles.